The van der Waals surface area contributed by atoms with Crippen LogP contribution in [-0.2, 0) is 19.0 Å². The number of rotatable bonds is 6. The van der Waals surface area contributed by atoms with Crippen LogP contribution >= 0.6 is 0 Å². The first-order chi connectivity index (χ1) is 11.0. The molecule has 1 aromatic carbocycles. The van der Waals surface area contributed by atoms with Gasteiger partial charge in [0, 0.05) is 25.3 Å². The molecular formula is C16H19F3O4. The van der Waals surface area contributed by atoms with E-state index in [1.54, 1.807) is 0 Å². The van der Waals surface area contributed by atoms with E-state index in [0.717, 1.165) is 12.8 Å². The maximum absolute atomic E-state index is 13.6. The van der Waals surface area contributed by atoms with Crippen molar-refractivity contribution in [1.82, 2.24) is 0 Å². The molecule has 0 saturated carbocycles. The van der Waals surface area contributed by atoms with Crippen molar-refractivity contribution in [2.24, 2.45) is 5.92 Å². The molecule has 0 aromatic heterocycles. The number of ether oxygens (including phenoxy) is 3. The van der Waals surface area contributed by atoms with Crippen molar-refractivity contribution in [1.29, 1.82) is 0 Å². The third-order valence-electron chi connectivity index (χ3n) is 3.67. The lowest BCUT2D eigenvalue weighted by molar-refractivity contribution is -0.155. The predicted molar refractivity (Wildman–Crippen MR) is 75.2 cm³/mol. The topological polar surface area (TPSA) is 44.8 Å². The molecule has 0 bridgehead atoms. The maximum Gasteiger partial charge on any atom is 0.332 e. The molecular weight excluding hydrogens is 313 g/mol. The summed E-state index contributed by atoms with van der Waals surface area (Å²) < 4.78 is 55.5. The van der Waals surface area contributed by atoms with Crippen LogP contribution in [0.1, 0.15) is 31.4 Å². The summed E-state index contributed by atoms with van der Waals surface area (Å²) in [6.45, 7) is 2.78. The lowest BCUT2D eigenvalue weighted by Crippen LogP contribution is -2.23. The van der Waals surface area contributed by atoms with Crippen molar-refractivity contribution in [2.45, 2.75) is 25.9 Å². The van der Waals surface area contributed by atoms with E-state index in [9.17, 15) is 18.0 Å². The monoisotopic (exact) mass is 332 g/mol. The van der Waals surface area contributed by atoms with Gasteiger partial charge in [-0.15, -0.1) is 0 Å². The standard InChI is InChI=1S/C16H19F3O4/c1-10(16-13(18)6-12(17)7-14(16)19)23-15(20)9-22-8-11-2-4-21-5-3-11/h6-7,10-11H,2-5,8-9H2,1H3/t10-/m0/s1. The van der Waals surface area contributed by atoms with Crippen LogP contribution in [0.2, 0.25) is 0 Å². The molecule has 23 heavy (non-hydrogen) atoms. The van der Waals surface area contributed by atoms with Gasteiger partial charge in [-0.2, -0.15) is 0 Å². The molecule has 0 N–H and O–H groups in total. The van der Waals surface area contributed by atoms with Crippen LogP contribution in [0.3, 0.4) is 0 Å². The minimum absolute atomic E-state index is 0.299. The van der Waals surface area contributed by atoms with E-state index in [1.807, 2.05) is 0 Å². The molecule has 4 nitrogen and oxygen atoms in total. The fraction of sp³-hybridized carbons (Fsp3) is 0.562. The predicted octanol–water partition coefficient (Wildman–Crippen LogP) is 3.15. The van der Waals surface area contributed by atoms with E-state index in [-0.39, 0.29) is 6.61 Å². The molecule has 1 fully saturated rings. The zero-order chi connectivity index (χ0) is 16.8. The van der Waals surface area contributed by atoms with Gasteiger partial charge in [0.25, 0.3) is 0 Å². The smallest absolute Gasteiger partial charge is 0.332 e. The van der Waals surface area contributed by atoms with Gasteiger partial charge in [0.2, 0.25) is 0 Å². The largest absolute Gasteiger partial charge is 0.456 e. The van der Waals surface area contributed by atoms with Gasteiger partial charge in [0.1, 0.15) is 30.2 Å². The number of carbonyl (C=O) groups excluding carboxylic acids is 1. The Labute approximate surface area is 132 Å². The molecule has 7 heteroatoms. The highest BCUT2D eigenvalue weighted by Crippen LogP contribution is 2.24. The van der Waals surface area contributed by atoms with Gasteiger partial charge in [-0.05, 0) is 25.7 Å². The summed E-state index contributed by atoms with van der Waals surface area (Å²) in [7, 11) is 0. The van der Waals surface area contributed by atoms with Crippen LogP contribution in [0.15, 0.2) is 12.1 Å². The third kappa shape index (κ3) is 5.21. The van der Waals surface area contributed by atoms with Gasteiger partial charge in [-0.3, -0.25) is 0 Å². The van der Waals surface area contributed by atoms with E-state index in [1.165, 1.54) is 6.92 Å². The highest BCUT2D eigenvalue weighted by Gasteiger charge is 2.21. The molecule has 0 amide bonds. The summed E-state index contributed by atoms with van der Waals surface area (Å²) in [5, 5.41) is 0. The van der Waals surface area contributed by atoms with Crippen LogP contribution in [0, 0.1) is 23.4 Å². The minimum atomic E-state index is -1.17. The second-order valence-corrected chi connectivity index (χ2v) is 5.49. The van der Waals surface area contributed by atoms with E-state index < -0.39 is 35.1 Å². The number of hydrogen-bond acceptors (Lipinski definition) is 4. The molecule has 1 heterocycles. The normalized spacial score (nSPS) is 17.0. The second-order valence-electron chi connectivity index (χ2n) is 5.49. The zero-order valence-corrected chi connectivity index (χ0v) is 12.8. The van der Waals surface area contributed by atoms with E-state index in [2.05, 4.69) is 0 Å². The number of carbonyl (C=O) groups is 1. The van der Waals surface area contributed by atoms with Crippen molar-refractivity contribution in [2.75, 3.05) is 26.4 Å². The summed E-state index contributed by atoms with van der Waals surface area (Å²) in [6.07, 6.45) is 0.573. The van der Waals surface area contributed by atoms with Gasteiger partial charge in [-0.1, -0.05) is 0 Å². The van der Waals surface area contributed by atoms with Crippen LogP contribution in [0.5, 0.6) is 0 Å². The summed E-state index contributed by atoms with van der Waals surface area (Å²) in [6, 6.07) is 1.09. The molecule has 1 aromatic rings. The molecule has 2 rings (SSSR count). The summed E-state index contributed by atoms with van der Waals surface area (Å²) in [5.74, 6) is -3.60. The first kappa shape index (κ1) is 17.7. The fourth-order valence-electron chi connectivity index (χ4n) is 2.45. The average molecular weight is 332 g/mol. The van der Waals surface area contributed by atoms with E-state index in [4.69, 9.17) is 14.2 Å². The van der Waals surface area contributed by atoms with Gasteiger partial charge < -0.3 is 14.2 Å². The van der Waals surface area contributed by atoms with Gasteiger partial charge in [-0.25, -0.2) is 18.0 Å². The Morgan fingerprint density at radius 3 is 2.48 bits per heavy atom. The molecule has 0 radical (unpaired) electrons. The molecule has 128 valence electrons. The second kappa shape index (κ2) is 8.31. The SMILES string of the molecule is C[C@H](OC(=O)COCC1CCOCC1)c1c(F)cc(F)cc1F. The zero-order valence-electron chi connectivity index (χ0n) is 12.8. The van der Waals surface area contributed by atoms with Crippen LogP contribution in [-0.4, -0.2) is 32.4 Å². The quantitative estimate of drug-likeness (QED) is 0.751. The number of esters is 1. The van der Waals surface area contributed by atoms with E-state index >= 15 is 0 Å². The molecule has 1 saturated heterocycles. The highest BCUT2D eigenvalue weighted by atomic mass is 19.1. The average Bonchev–Trinajstić information content (AvgIpc) is 2.47. The Morgan fingerprint density at radius 2 is 1.87 bits per heavy atom. The van der Waals surface area contributed by atoms with Crippen molar-refractivity contribution in [3.05, 3.63) is 35.1 Å². The number of benzene rings is 1. The molecule has 1 aliphatic rings. The Kier molecular flexibility index (Phi) is 6.41. The summed E-state index contributed by atoms with van der Waals surface area (Å²) >= 11 is 0. The van der Waals surface area contributed by atoms with Crippen molar-refractivity contribution in [3.8, 4) is 0 Å². The highest BCUT2D eigenvalue weighted by molar-refractivity contribution is 5.71. The van der Waals surface area contributed by atoms with Crippen molar-refractivity contribution in [3.63, 3.8) is 0 Å². The van der Waals surface area contributed by atoms with Crippen LogP contribution in [0.4, 0.5) is 13.2 Å². The first-order valence-electron chi connectivity index (χ1n) is 7.46. The lowest BCUT2D eigenvalue weighted by atomic mass is 10.0. The molecule has 0 aliphatic carbocycles. The van der Waals surface area contributed by atoms with Crippen LogP contribution in [0.25, 0.3) is 0 Å². The molecule has 0 spiro atoms. The minimum Gasteiger partial charge on any atom is -0.456 e. The maximum atomic E-state index is 13.6. The Hall–Kier alpha value is -1.60. The van der Waals surface area contributed by atoms with E-state index in [0.29, 0.717) is 37.9 Å². The fourth-order valence-corrected chi connectivity index (χ4v) is 2.45. The Balaban J connectivity index is 1.80. The third-order valence-corrected chi connectivity index (χ3v) is 3.67. The summed E-state index contributed by atoms with van der Waals surface area (Å²) in [5.41, 5.74) is -0.482. The molecule has 0 unspecified atom stereocenters. The Bertz CT molecular complexity index is 521. The summed E-state index contributed by atoms with van der Waals surface area (Å²) in [4.78, 5) is 11.7. The molecule has 1 atom stereocenters. The first-order valence-corrected chi connectivity index (χ1v) is 7.46. The van der Waals surface area contributed by atoms with Crippen molar-refractivity contribution < 1.29 is 32.2 Å². The van der Waals surface area contributed by atoms with Crippen molar-refractivity contribution >= 4 is 5.97 Å². The number of hydrogen-bond donors (Lipinski definition) is 0. The van der Waals surface area contributed by atoms with Gasteiger partial charge in [0.05, 0.1) is 12.2 Å². The Morgan fingerprint density at radius 1 is 1.26 bits per heavy atom. The van der Waals surface area contributed by atoms with Gasteiger partial charge >= 0.3 is 5.97 Å². The molecule has 1 aliphatic heterocycles. The number of halogens is 3. The van der Waals surface area contributed by atoms with Gasteiger partial charge in [0.15, 0.2) is 0 Å². The van der Waals surface area contributed by atoms with Crippen LogP contribution < -0.4 is 0 Å². The lowest BCUT2D eigenvalue weighted by Gasteiger charge is -2.21.